The van der Waals surface area contributed by atoms with Gasteiger partial charge in [-0.25, -0.2) is 8.42 Å². The maximum absolute atomic E-state index is 14.0. The predicted molar refractivity (Wildman–Crippen MR) is 161 cm³/mol. The summed E-state index contributed by atoms with van der Waals surface area (Å²) in [4.78, 5) is 28.6. The van der Waals surface area contributed by atoms with Gasteiger partial charge in [0, 0.05) is 22.6 Å². The first kappa shape index (κ1) is 31.5. The fourth-order valence-corrected chi connectivity index (χ4v) is 5.91. The normalized spacial score (nSPS) is 12.9. The number of halogens is 2. The number of sulfonamides is 1. The predicted octanol–water partition coefficient (Wildman–Crippen LogP) is 6.14. The second-order valence-corrected chi connectivity index (χ2v) is 12.6. The van der Waals surface area contributed by atoms with E-state index in [1.54, 1.807) is 55.5 Å². The number of anilines is 1. The minimum Gasteiger partial charge on any atom is -0.352 e. The number of carbonyl (C=O) groups is 2. The molecule has 0 radical (unpaired) electrons. The molecule has 1 N–H and O–H groups in total. The molecule has 0 saturated carbocycles. The number of aryl methyl sites for hydroxylation is 2. The summed E-state index contributed by atoms with van der Waals surface area (Å²) in [5.74, 6) is -0.911. The highest BCUT2D eigenvalue weighted by atomic mass is 35.5. The average Bonchev–Trinajstić information content (AvgIpc) is 2.90. The Morgan fingerprint density at radius 1 is 0.925 bits per heavy atom. The van der Waals surface area contributed by atoms with E-state index in [-0.39, 0.29) is 23.4 Å². The third-order valence-electron chi connectivity index (χ3n) is 6.70. The number of nitrogens with zero attached hydrogens (tertiary/aromatic N) is 2. The molecule has 3 aromatic carbocycles. The van der Waals surface area contributed by atoms with Gasteiger partial charge in [0.2, 0.25) is 11.8 Å². The first-order valence-electron chi connectivity index (χ1n) is 13.0. The zero-order chi connectivity index (χ0) is 29.6. The molecule has 3 aromatic rings. The first-order valence-corrected chi connectivity index (χ1v) is 15.2. The maximum Gasteiger partial charge on any atom is 0.264 e. The van der Waals surface area contributed by atoms with E-state index in [1.807, 2.05) is 33.8 Å². The standard InChI is InChI=1S/C30H35Cl2N3O4S/c1-6-22(4)33-30(37)23(5)34(18-24-12-13-25(31)17-28(24)32)29(36)19-35(26-9-7-8-21(3)16-26)40(38,39)27-14-10-20(2)11-15-27/h7-17,22-23H,6,18-19H2,1-5H3,(H,33,37)/t22-,23+/m1/s1. The third-order valence-corrected chi connectivity index (χ3v) is 9.08. The van der Waals surface area contributed by atoms with Gasteiger partial charge in [0.1, 0.15) is 12.6 Å². The number of hydrogen-bond donors (Lipinski definition) is 1. The van der Waals surface area contributed by atoms with Crippen LogP contribution < -0.4 is 9.62 Å². The number of benzene rings is 3. The van der Waals surface area contributed by atoms with E-state index in [1.165, 1.54) is 17.0 Å². The number of nitrogens with one attached hydrogen (secondary N) is 1. The van der Waals surface area contributed by atoms with E-state index in [2.05, 4.69) is 5.32 Å². The molecule has 0 fully saturated rings. The molecule has 3 rings (SSSR count). The van der Waals surface area contributed by atoms with Gasteiger partial charge in [-0.2, -0.15) is 0 Å². The Labute approximate surface area is 247 Å². The Balaban J connectivity index is 2.05. The second-order valence-electron chi connectivity index (χ2n) is 9.91. The molecule has 10 heteroatoms. The van der Waals surface area contributed by atoms with Crippen molar-refractivity contribution in [3.8, 4) is 0 Å². The number of rotatable bonds is 11. The van der Waals surface area contributed by atoms with Gasteiger partial charge in [0.15, 0.2) is 0 Å². The van der Waals surface area contributed by atoms with Gasteiger partial charge in [-0.15, -0.1) is 0 Å². The molecular weight excluding hydrogens is 569 g/mol. The van der Waals surface area contributed by atoms with Crippen LogP contribution in [-0.4, -0.2) is 43.8 Å². The smallest absolute Gasteiger partial charge is 0.264 e. The lowest BCUT2D eigenvalue weighted by Gasteiger charge is -2.32. The summed E-state index contributed by atoms with van der Waals surface area (Å²) in [6.45, 7) is 8.61. The summed E-state index contributed by atoms with van der Waals surface area (Å²) >= 11 is 12.5. The topological polar surface area (TPSA) is 86.8 Å². The molecule has 40 heavy (non-hydrogen) atoms. The molecule has 0 unspecified atom stereocenters. The average molecular weight is 605 g/mol. The van der Waals surface area contributed by atoms with Gasteiger partial charge in [-0.05, 0) is 81.6 Å². The molecule has 0 saturated heterocycles. The van der Waals surface area contributed by atoms with Crippen LogP contribution in [-0.2, 0) is 26.2 Å². The van der Waals surface area contributed by atoms with Crippen LogP contribution in [0.1, 0.15) is 43.9 Å². The molecule has 7 nitrogen and oxygen atoms in total. The van der Waals surface area contributed by atoms with Crippen LogP contribution >= 0.6 is 23.2 Å². The summed E-state index contributed by atoms with van der Waals surface area (Å²) in [6, 6.07) is 17.3. The van der Waals surface area contributed by atoms with Gasteiger partial charge in [0.25, 0.3) is 10.0 Å². The molecule has 0 heterocycles. The molecule has 0 bridgehead atoms. The van der Waals surface area contributed by atoms with E-state index in [0.29, 0.717) is 27.7 Å². The van der Waals surface area contributed by atoms with Crippen LogP contribution in [0.3, 0.4) is 0 Å². The largest absolute Gasteiger partial charge is 0.352 e. The summed E-state index contributed by atoms with van der Waals surface area (Å²) < 4.78 is 28.9. The lowest BCUT2D eigenvalue weighted by atomic mass is 10.1. The number of hydrogen-bond acceptors (Lipinski definition) is 4. The van der Waals surface area contributed by atoms with Crippen LogP contribution in [0.15, 0.2) is 71.6 Å². The van der Waals surface area contributed by atoms with Gasteiger partial charge in [-0.3, -0.25) is 13.9 Å². The molecule has 2 amide bonds. The molecule has 0 aliphatic heterocycles. The molecule has 214 valence electrons. The Kier molecular flexibility index (Phi) is 10.6. The quantitative estimate of drug-likeness (QED) is 0.285. The van der Waals surface area contributed by atoms with E-state index >= 15 is 0 Å². The summed E-state index contributed by atoms with van der Waals surface area (Å²) in [5.41, 5.74) is 2.66. The fraction of sp³-hybridized carbons (Fsp3) is 0.333. The first-order chi connectivity index (χ1) is 18.8. The highest BCUT2D eigenvalue weighted by Crippen LogP contribution is 2.27. The van der Waals surface area contributed by atoms with Crippen molar-refractivity contribution in [3.63, 3.8) is 0 Å². The summed E-state index contributed by atoms with van der Waals surface area (Å²) in [5, 5.41) is 3.68. The van der Waals surface area contributed by atoms with E-state index in [9.17, 15) is 18.0 Å². The van der Waals surface area contributed by atoms with Crippen molar-refractivity contribution in [1.82, 2.24) is 10.2 Å². The third kappa shape index (κ3) is 7.77. The summed E-state index contributed by atoms with van der Waals surface area (Å²) in [6.07, 6.45) is 0.714. The zero-order valence-electron chi connectivity index (χ0n) is 23.3. The van der Waals surface area contributed by atoms with Crippen molar-refractivity contribution in [2.45, 2.75) is 64.6 Å². The van der Waals surface area contributed by atoms with Crippen molar-refractivity contribution < 1.29 is 18.0 Å². The summed E-state index contributed by atoms with van der Waals surface area (Å²) in [7, 11) is -4.13. The molecule has 0 aromatic heterocycles. The van der Waals surface area contributed by atoms with Crippen molar-refractivity contribution in [1.29, 1.82) is 0 Å². The molecule has 0 spiro atoms. The minimum absolute atomic E-state index is 0.0177. The van der Waals surface area contributed by atoms with Crippen molar-refractivity contribution in [2.24, 2.45) is 0 Å². The lowest BCUT2D eigenvalue weighted by Crippen LogP contribution is -2.52. The van der Waals surface area contributed by atoms with Gasteiger partial charge < -0.3 is 10.2 Å². The van der Waals surface area contributed by atoms with E-state index < -0.39 is 28.5 Å². The Bertz CT molecular complexity index is 1460. The highest BCUT2D eigenvalue weighted by molar-refractivity contribution is 7.92. The lowest BCUT2D eigenvalue weighted by molar-refractivity contribution is -0.139. The molecule has 0 aliphatic rings. The van der Waals surface area contributed by atoms with Crippen LogP contribution in [0.5, 0.6) is 0 Å². The number of carbonyl (C=O) groups excluding carboxylic acids is 2. The highest BCUT2D eigenvalue weighted by Gasteiger charge is 2.33. The van der Waals surface area contributed by atoms with Crippen molar-refractivity contribution in [2.75, 3.05) is 10.8 Å². The van der Waals surface area contributed by atoms with Crippen LogP contribution in [0.2, 0.25) is 10.0 Å². The molecule has 2 atom stereocenters. The van der Waals surface area contributed by atoms with Crippen molar-refractivity contribution in [3.05, 3.63) is 93.5 Å². The zero-order valence-corrected chi connectivity index (χ0v) is 25.6. The Morgan fingerprint density at radius 2 is 1.60 bits per heavy atom. The van der Waals surface area contributed by atoms with Crippen LogP contribution in [0.25, 0.3) is 0 Å². The van der Waals surface area contributed by atoms with Crippen molar-refractivity contribution >= 4 is 50.7 Å². The van der Waals surface area contributed by atoms with Gasteiger partial charge in [-0.1, -0.05) is 66.0 Å². The molecular formula is C30H35Cl2N3O4S. The van der Waals surface area contributed by atoms with Gasteiger partial charge in [0.05, 0.1) is 10.6 Å². The SMILES string of the molecule is CC[C@@H](C)NC(=O)[C@H](C)N(Cc1ccc(Cl)cc1Cl)C(=O)CN(c1cccc(C)c1)S(=O)(=O)c1ccc(C)cc1. The van der Waals surface area contributed by atoms with E-state index in [0.717, 1.165) is 15.4 Å². The van der Waals surface area contributed by atoms with Crippen LogP contribution in [0.4, 0.5) is 5.69 Å². The monoisotopic (exact) mass is 603 g/mol. The Morgan fingerprint density at radius 3 is 2.20 bits per heavy atom. The van der Waals surface area contributed by atoms with Crippen LogP contribution in [0, 0.1) is 13.8 Å². The Hall–Kier alpha value is -3.07. The van der Waals surface area contributed by atoms with E-state index in [4.69, 9.17) is 23.2 Å². The van der Waals surface area contributed by atoms with Gasteiger partial charge >= 0.3 is 0 Å². The molecule has 0 aliphatic carbocycles. The maximum atomic E-state index is 14.0. The fourth-order valence-electron chi connectivity index (χ4n) is 4.03. The minimum atomic E-state index is -4.13. The number of amides is 2. The second kappa shape index (κ2) is 13.5.